The molecule has 3 heteroatoms. The van der Waals surface area contributed by atoms with Gasteiger partial charge in [0.05, 0.1) is 5.69 Å². The zero-order valence-electron chi connectivity index (χ0n) is 7.83. The van der Waals surface area contributed by atoms with Crippen molar-refractivity contribution in [2.24, 2.45) is 5.73 Å². The second kappa shape index (κ2) is 3.92. The SMILES string of the molecule is NCCCc1cc(C2CCC2)no1. The van der Waals surface area contributed by atoms with Crippen molar-refractivity contribution in [2.45, 2.75) is 38.0 Å². The minimum Gasteiger partial charge on any atom is -0.361 e. The van der Waals surface area contributed by atoms with Gasteiger partial charge in [0, 0.05) is 18.4 Å². The van der Waals surface area contributed by atoms with Gasteiger partial charge in [0.25, 0.3) is 0 Å². The molecule has 0 aliphatic heterocycles. The Morgan fingerprint density at radius 2 is 2.38 bits per heavy atom. The van der Waals surface area contributed by atoms with Gasteiger partial charge in [-0.15, -0.1) is 0 Å². The molecular weight excluding hydrogens is 164 g/mol. The fourth-order valence-corrected chi connectivity index (χ4v) is 1.62. The van der Waals surface area contributed by atoms with Crippen molar-refractivity contribution in [1.82, 2.24) is 5.16 Å². The molecule has 3 nitrogen and oxygen atoms in total. The zero-order valence-corrected chi connectivity index (χ0v) is 7.83. The Kier molecular flexibility index (Phi) is 2.64. The molecule has 0 amide bonds. The van der Waals surface area contributed by atoms with Crippen LogP contribution in [-0.4, -0.2) is 11.7 Å². The van der Waals surface area contributed by atoms with Crippen LogP contribution in [0.25, 0.3) is 0 Å². The molecule has 0 bridgehead atoms. The number of aromatic nitrogens is 1. The molecule has 1 saturated carbocycles. The van der Waals surface area contributed by atoms with Crippen LogP contribution in [-0.2, 0) is 6.42 Å². The van der Waals surface area contributed by atoms with Gasteiger partial charge in [-0.3, -0.25) is 0 Å². The summed E-state index contributed by atoms with van der Waals surface area (Å²) in [5.41, 5.74) is 6.57. The summed E-state index contributed by atoms with van der Waals surface area (Å²) in [5, 5.41) is 4.08. The Labute approximate surface area is 78.3 Å². The van der Waals surface area contributed by atoms with Crippen LogP contribution in [0.15, 0.2) is 10.6 Å². The third-order valence-electron chi connectivity index (χ3n) is 2.73. The highest BCUT2D eigenvalue weighted by atomic mass is 16.5. The predicted molar refractivity (Wildman–Crippen MR) is 50.5 cm³/mol. The van der Waals surface area contributed by atoms with Crippen LogP contribution in [0.5, 0.6) is 0 Å². The van der Waals surface area contributed by atoms with Crippen LogP contribution in [0.4, 0.5) is 0 Å². The van der Waals surface area contributed by atoms with Gasteiger partial charge < -0.3 is 10.3 Å². The first kappa shape index (κ1) is 8.75. The molecule has 2 rings (SSSR count). The van der Waals surface area contributed by atoms with Gasteiger partial charge in [-0.25, -0.2) is 0 Å². The molecule has 0 aromatic carbocycles. The van der Waals surface area contributed by atoms with E-state index in [9.17, 15) is 0 Å². The number of nitrogens with two attached hydrogens (primary N) is 1. The Bertz CT molecular complexity index is 266. The summed E-state index contributed by atoms with van der Waals surface area (Å²) in [6.07, 6.45) is 5.82. The topological polar surface area (TPSA) is 52.0 Å². The molecule has 0 unspecified atom stereocenters. The van der Waals surface area contributed by atoms with E-state index in [-0.39, 0.29) is 0 Å². The van der Waals surface area contributed by atoms with Gasteiger partial charge in [0.15, 0.2) is 0 Å². The largest absolute Gasteiger partial charge is 0.361 e. The van der Waals surface area contributed by atoms with Gasteiger partial charge >= 0.3 is 0 Å². The van der Waals surface area contributed by atoms with E-state index in [0.717, 1.165) is 30.8 Å². The third-order valence-corrected chi connectivity index (χ3v) is 2.73. The maximum absolute atomic E-state index is 5.42. The van der Waals surface area contributed by atoms with Crippen LogP contribution >= 0.6 is 0 Å². The first-order chi connectivity index (χ1) is 6.40. The van der Waals surface area contributed by atoms with E-state index >= 15 is 0 Å². The van der Waals surface area contributed by atoms with Crippen molar-refractivity contribution in [3.63, 3.8) is 0 Å². The van der Waals surface area contributed by atoms with Gasteiger partial charge in [0.1, 0.15) is 5.76 Å². The summed E-state index contributed by atoms with van der Waals surface area (Å²) >= 11 is 0. The average molecular weight is 180 g/mol. The lowest BCUT2D eigenvalue weighted by Gasteiger charge is -2.22. The average Bonchev–Trinajstić information content (AvgIpc) is 2.46. The number of aryl methyl sites for hydroxylation is 1. The van der Waals surface area contributed by atoms with E-state index in [0.29, 0.717) is 5.92 Å². The summed E-state index contributed by atoms with van der Waals surface area (Å²) < 4.78 is 5.22. The normalized spacial score (nSPS) is 17.3. The molecule has 1 aromatic heterocycles. The van der Waals surface area contributed by atoms with Crippen molar-refractivity contribution >= 4 is 0 Å². The third kappa shape index (κ3) is 1.91. The van der Waals surface area contributed by atoms with E-state index in [4.69, 9.17) is 10.3 Å². The first-order valence-electron chi connectivity index (χ1n) is 5.05. The summed E-state index contributed by atoms with van der Waals surface area (Å²) in [7, 11) is 0. The summed E-state index contributed by atoms with van der Waals surface area (Å²) in [6.45, 7) is 0.722. The van der Waals surface area contributed by atoms with Crippen LogP contribution in [0.3, 0.4) is 0 Å². The Morgan fingerprint density at radius 1 is 1.54 bits per heavy atom. The van der Waals surface area contributed by atoms with Crippen molar-refractivity contribution in [1.29, 1.82) is 0 Å². The number of hydrogen-bond acceptors (Lipinski definition) is 3. The Morgan fingerprint density at radius 3 is 3.00 bits per heavy atom. The molecule has 2 N–H and O–H groups in total. The minimum atomic E-state index is 0.676. The van der Waals surface area contributed by atoms with Crippen molar-refractivity contribution in [2.75, 3.05) is 6.54 Å². The molecule has 1 aliphatic carbocycles. The lowest BCUT2D eigenvalue weighted by atomic mass is 9.83. The summed E-state index contributed by atoms with van der Waals surface area (Å²) in [4.78, 5) is 0. The Balaban J connectivity index is 1.92. The fraction of sp³-hybridized carbons (Fsp3) is 0.700. The Hall–Kier alpha value is -0.830. The quantitative estimate of drug-likeness (QED) is 0.769. The van der Waals surface area contributed by atoms with Gasteiger partial charge in [0.2, 0.25) is 0 Å². The maximum Gasteiger partial charge on any atom is 0.137 e. The molecule has 72 valence electrons. The van der Waals surface area contributed by atoms with Crippen LogP contribution < -0.4 is 5.73 Å². The van der Waals surface area contributed by atoms with Gasteiger partial charge in [-0.05, 0) is 25.8 Å². The molecule has 0 radical (unpaired) electrons. The molecule has 1 aliphatic rings. The first-order valence-corrected chi connectivity index (χ1v) is 5.05. The number of hydrogen-bond donors (Lipinski definition) is 1. The minimum absolute atomic E-state index is 0.676. The molecule has 1 aromatic rings. The molecule has 0 atom stereocenters. The maximum atomic E-state index is 5.42. The lowest BCUT2D eigenvalue weighted by molar-refractivity contribution is 0.346. The molecule has 1 heterocycles. The van der Waals surface area contributed by atoms with E-state index in [2.05, 4.69) is 11.2 Å². The van der Waals surface area contributed by atoms with Crippen molar-refractivity contribution < 1.29 is 4.52 Å². The fourth-order valence-electron chi connectivity index (χ4n) is 1.62. The number of nitrogens with zero attached hydrogens (tertiary/aromatic N) is 1. The van der Waals surface area contributed by atoms with E-state index in [1.165, 1.54) is 19.3 Å². The molecule has 1 fully saturated rings. The van der Waals surface area contributed by atoms with Crippen LogP contribution in [0.1, 0.15) is 43.1 Å². The molecule has 0 saturated heterocycles. The molecule has 13 heavy (non-hydrogen) atoms. The van der Waals surface area contributed by atoms with E-state index in [1.807, 2.05) is 0 Å². The highest BCUT2D eigenvalue weighted by Crippen LogP contribution is 2.35. The lowest BCUT2D eigenvalue weighted by Crippen LogP contribution is -2.08. The molecule has 0 spiro atoms. The summed E-state index contributed by atoms with van der Waals surface area (Å²) in [6, 6.07) is 2.10. The van der Waals surface area contributed by atoms with Gasteiger partial charge in [-0.2, -0.15) is 0 Å². The van der Waals surface area contributed by atoms with Crippen molar-refractivity contribution in [3.05, 3.63) is 17.5 Å². The van der Waals surface area contributed by atoms with Crippen LogP contribution in [0.2, 0.25) is 0 Å². The zero-order chi connectivity index (χ0) is 9.10. The van der Waals surface area contributed by atoms with E-state index in [1.54, 1.807) is 0 Å². The van der Waals surface area contributed by atoms with Crippen LogP contribution in [0, 0.1) is 0 Å². The predicted octanol–water partition coefficient (Wildman–Crippen LogP) is 1.83. The van der Waals surface area contributed by atoms with Crippen molar-refractivity contribution in [3.8, 4) is 0 Å². The second-order valence-electron chi connectivity index (χ2n) is 3.74. The standard InChI is InChI=1S/C10H16N2O/c11-6-2-5-9-7-10(12-13-9)8-3-1-4-8/h7-8H,1-6,11H2. The highest BCUT2D eigenvalue weighted by molar-refractivity contribution is 5.12. The second-order valence-corrected chi connectivity index (χ2v) is 3.74. The number of rotatable bonds is 4. The smallest absolute Gasteiger partial charge is 0.137 e. The highest BCUT2D eigenvalue weighted by Gasteiger charge is 2.22. The summed E-state index contributed by atoms with van der Waals surface area (Å²) in [5.74, 6) is 1.67. The van der Waals surface area contributed by atoms with E-state index < -0.39 is 0 Å². The molecular formula is C10H16N2O. The van der Waals surface area contributed by atoms with Gasteiger partial charge in [-0.1, -0.05) is 11.6 Å². The monoisotopic (exact) mass is 180 g/mol.